The van der Waals surface area contributed by atoms with Gasteiger partial charge in [0.1, 0.15) is 5.75 Å². The van der Waals surface area contributed by atoms with E-state index in [-0.39, 0.29) is 4.90 Å². The van der Waals surface area contributed by atoms with Gasteiger partial charge >= 0.3 is 0 Å². The Hall–Kier alpha value is -1.97. The van der Waals surface area contributed by atoms with Crippen molar-refractivity contribution < 1.29 is 18.1 Å². The van der Waals surface area contributed by atoms with Crippen molar-refractivity contribution in [2.45, 2.75) is 24.3 Å². The molecule has 1 atom stereocenters. The first-order chi connectivity index (χ1) is 11.7. The molecule has 2 aromatic rings. The van der Waals surface area contributed by atoms with Crippen molar-refractivity contribution >= 4 is 31.6 Å². The van der Waals surface area contributed by atoms with E-state index >= 15 is 0 Å². The second-order valence-corrected chi connectivity index (χ2v) is 8.05. The first-order valence-corrected chi connectivity index (χ1v) is 9.60. The summed E-state index contributed by atoms with van der Waals surface area (Å²) in [6, 6.07) is 10.7. The van der Waals surface area contributed by atoms with Gasteiger partial charge in [0.05, 0.1) is 12.0 Å². The summed E-state index contributed by atoms with van der Waals surface area (Å²) in [6.45, 7) is 1.70. The molecule has 134 valence electrons. The van der Waals surface area contributed by atoms with E-state index in [0.29, 0.717) is 16.6 Å². The van der Waals surface area contributed by atoms with Gasteiger partial charge in [-0.3, -0.25) is 10.1 Å². The minimum Gasteiger partial charge on any atom is -0.497 e. The molecular weight excluding hydrogens is 412 g/mol. The number of rotatable bonds is 7. The van der Waals surface area contributed by atoms with Crippen molar-refractivity contribution in [1.82, 2.24) is 4.72 Å². The lowest BCUT2D eigenvalue weighted by Gasteiger charge is -2.15. The van der Waals surface area contributed by atoms with Gasteiger partial charge in [0, 0.05) is 16.6 Å². The molecule has 0 saturated heterocycles. The minimum absolute atomic E-state index is 0.363. The summed E-state index contributed by atoms with van der Waals surface area (Å²) in [6.07, 6.45) is 0.417. The Balaban J connectivity index is 2.22. The van der Waals surface area contributed by atoms with Crippen LogP contribution in [-0.2, 0) is 16.4 Å². The van der Waals surface area contributed by atoms with Crippen LogP contribution in [0.15, 0.2) is 51.8 Å². The van der Waals surface area contributed by atoms with E-state index in [0.717, 1.165) is 5.56 Å². The normalized spacial score (nSPS) is 12.6. The zero-order chi connectivity index (χ0) is 18.6. The number of sulfonamides is 1. The molecule has 25 heavy (non-hydrogen) atoms. The largest absolute Gasteiger partial charge is 0.497 e. The fraction of sp³-hybridized carbons (Fsp3) is 0.250. The standard InChI is InChI=1S/C16H17BrN2O5S/c1-11(8-12-4-3-5-14(9-12)24-2)18-25(22,23)16-7-6-13(17)10-15(16)19(20)21/h3-7,9-11,18H,8H2,1-2H3. The third kappa shape index (κ3) is 5.00. The number of hydrogen-bond acceptors (Lipinski definition) is 5. The molecular formula is C16H17BrN2O5S. The van der Waals surface area contributed by atoms with Gasteiger partial charge in [-0.15, -0.1) is 0 Å². The van der Waals surface area contributed by atoms with E-state index in [1.807, 2.05) is 18.2 Å². The van der Waals surface area contributed by atoms with Gasteiger partial charge in [-0.2, -0.15) is 0 Å². The van der Waals surface area contributed by atoms with Crippen LogP contribution in [0.5, 0.6) is 5.75 Å². The average molecular weight is 429 g/mol. The lowest BCUT2D eigenvalue weighted by Crippen LogP contribution is -2.34. The molecule has 2 rings (SSSR count). The Kier molecular flexibility index (Phi) is 6.15. The number of nitrogens with zero attached hydrogens (tertiary/aromatic N) is 1. The number of nitro benzene ring substituents is 1. The van der Waals surface area contributed by atoms with E-state index in [2.05, 4.69) is 20.7 Å². The molecule has 0 saturated carbocycles. The maximum absolute atomic E-state index is 12.5. The van der Waals surface area contributed by atoms with Gasteiger partial charge < -0.3 is 4.74 Å². The van der Waals surface area contributed by atoms with E-state index in [1.165, 1.54) is 18.2 Å². The molecule has 1 N–H and O–H groups in total. The van der Waals surface area contributed by atoms with E-state index in [4.69, 9.17) is 4.74 Å². The fourth-order valence-corrected chi connectivity index (χ4v) is 4.13. The predicted octanol–water partition coefficient (Wildman–Crippen LogP) is 3.28. The number of nitrogens with one attached hydrogen (secondary N) is 1. The summed E-state index contributed by atoms with van der Waals surface area (Å²) >= 11 is 3.11. The summed E-state index contributed by atoms with van der Waals surface area (Å²) in [7, 11) is -2.48. The molecule has 7 nitrogen and oxygen atoms in total. The number of benzene rings is 2. The highest BCUT2D eigenvalue weighted by Gasteiger charge is 2.27. The van der Waals surface area contributed by atoms with Crippen LogP contribution in [0.1, 0.15) is 12.5 Å². The topological polar surface area (TPSA) is 98.5 Å². The first kappa shape index (κ1) is 19.4. The molecule has 0 aliphatic heterocycles. The Morgan fingerprint density at radius 3 is 2.64 bits per heavy atom. The molecule has 0 heterocycles. The van der Waals surface area contributed by atoms with Crippen LogP contribution in [0.3, 0.4) is 0 Å². The highest BCUT2D eigenvalue weighted by atomic mass is 79.9. The molecule has 0 bridgehead atoms. The van der Waals surface area contributed by atoms with E-state index < -0.39 is 26.7 Å². The zero-order valence-corrected chi connectivity index (χ0v) is 16.0. The lowest BCUT2D eigenvalue weighted by atomic mass is 10.1. The molecule has 0 aliphatic carbocycles. The SMILES string of the molecule is COc1cccc(CC(C)NS(=O)(=O)c2ccc(Br)cc2[N+](=O)[O-])c1. The summed E-state index contributed by atoms with van der Waals surface area (Å²) in [5.74, 6) is 0.677. The van der Waals surface area contributed by atoms with Gasteiger partial charge in [0.25, 0.3) is 5.69 Å². The van der Waals surface area contributed by atoms with Gasteiger partial charge in [0.15, 0.2) is 4.90 Å². The molecule has 1 unspecified atom stereocenters. The van der Waals surface area contributed by atoms with E-state index in [9.17, 15) is 18.5 Å². The van der Waals surface area contributed by atoms with Crippen LogP contribution in [-0.4, -0.2) is 26.5 Å². The number of methoxy groups -OCH3 is 1. The molecule has 0 fully saturated rings. The molecule has 9 heteroatoms. The average Bonchev–Trinajstić information content (AvgIpc) is 2.53. The Labute approximate surface area is 154 Å². The quantitative estimate of drug-likeness (QED) is 0.538. The number of nitro groups is 1. The molecule has 0 radical (unpaired) electrons. The van der Waals surface area contributed by atoms with Crippen LogP contribution in [0.4, 0.5) is 5.69 Å². The van der Waals surface area contributed by atoms with Crippen LogP contribution in [0.2, 0.25) is 0 Å². The van der Waals surface area contributed by atoms with Gasteiger partial charge in [0.2, 0.25) is 10.0 Å². The van der Waals surface area contributed by atoms with Crippen molar-refractivity contribution in [3.05, 3.63) is 62.6 Å². The predicted molar refractivity (Wildman–Crippen MR) is 97.3 cm³/mol. The molecule has 2 aromatic carbocycles. The third-order valence-electron chi connectivity index (χ3n) is 3.44. The molecule has 0 amide bonds. The van der Waals surface area contributed by atoms with Gasteiger partial charge in [-0.05, 0) is 43.2 Å². The van der Waals surface area contributed by atoms with Gasteiger partial charge in [-0.1, -0.05) is 28.1 Å². The zero-order valence-electron chi connectivity index (χ0n) is 13.6. The van der Waals surface area contributed by atoms with Crippen molar-refractivity contribution in [3.63, 3.8) is 0 Å². The number of hydrogen-bond donors (Lipinski definition) is 1. The highest BCUT2D eigenvalue weighted by Crippen LogP contribution is 2.27. The Bertz CT molecular complexity index is 886. The second kappa shape index (κ2) is 7.94. The minimum atomic E-state index is -4.03. The van der Waals surface area contributed by atoms with Crippen LogP contribution in [0, 0.1) is 10.1 Å². The summed E-state index contributed by atoms with van der Waals surface area (Å²) in [5.41, 5.74) is 0.412. The Morgan fingerprint density at radius 2 is 2.00 bits per heavy atom. The number of halogens is 1. The van der Waals surface area contributed by atoms with Crippen LogP contribution >= 0.6 is 15.9 Å². The molecule has 0 aliphatic rings. The third-order valence-corrected chi connectivity index (χ3v) is 5.57. The van der Waals surface area contributed by atoms with Crippen molar-refractivity contribution in [1.29, 1.82) is 0 Å². The van der Waals surface area contributed by atoms with E-state index in [1.54, 1.807) is 20.1 Å². The monoisotopic (exact) mass is 428 g/mol. The number of ether oxygens (including phenoxy) is 1. The van der Waals surface area contributed by atoms with Crippen LogP contribution < -0.4 is 9.46 Å². The molecule has 0 aromatic heterocycles. The van der Waals surface area contributed by atoms with Crippen molar-refractivity contribution in [2.24, 2.45) is 0 Å². The lowest BCUT2D eigenvalue weighted by molar-refractivity contribution is -0.387. The molecule has 0 spiro atoms. The van der Waals surface area contributed by atoms with Crippen molar-refractivity contribution in [2.75, 3.05) is 7.11 Å². The maximum atomic E-state index is 12.5. The second-order valence-electron chi connectivity index (χ2n) is 5.45. The highest BCUT2D eigenvalue weighted by molar-refractivity contribution is 9.10. The van der Waals surface area contributed by atoms with Gasteiger partial charge in [-0.25, -0.2) is 13.1 Å². The summed E-state index contributed by atoms with van der Waals surface area (Å²) < 4.78 is 33.1. The smallest absolute Gasteiger partial charge is 0.290 e. The maximum Gasteiger partial charge on any atom is 0.290 e. The Morgan fingerprint density at radius 1 is 1.28 bits per heavy atom. The summed E-state index contributed by atoms with van der Waals surface area (Å²) in [4.78, 5) is 10.1. The summed E-state index contributed by atoms with van der Waals surface area (Å²) in [5, 5.41) is 11.1. The first-order valence-electron chi connectivity index (χ1n) is 7.32. The van der Waals surface area contributed by atoms with Crippen molar-refractivity contribution in [3.8, 4) is 5.75 Å². The fourth-order valence-electron chi connectivity index (χ4n) is 2.38. The van der Waals surface area contributed by atoms with Crippen LogP contribution in [0.25, 0.3) is 0 Å².